The number of aliphatic hydroxyl groups excluding tert-OH is 1. The lowest BCUT2D eigenvalue weighted by Gasteiger charge is -2.13. The maximum atomic E-state index is 12.6. The Morgan fingerprint density at radius 3 is 2.75 bits per heavy atom. The predicted octanol–water partition coefficient (Wildman–Crippen LogP) is 3.25. The van der Waals surface area contributed by atoms with Gasteiger partial charge in [0.1, 0.15) is 5.82 Å². The van der Waals surface area contributed by atoms with E-state index in [1.165, 1.54) is 11.5 Å². The van der Waals surface area contributed by atoms with Gasteiger partial charge in [0.15, 0.2) is 11.4 Å². The quantitative estimate of drug-likeness (QED) is 0.742. The molecule has 3 rings (SSSR count). The third-order valence-electron chi connectivity index (χ3n) is 3.47. The van der Waals surface area contributed by atoms with Crippen molar-refractivity contribution in [1.29, 1.82) is 0 Å². The lowest BCUT2D eigenvalue weighted by atomic mass is 10.2. The lowest BCUT2D eigenvalue weighted by Crippen LogP contribution is -2.22. The number of hydrogen-bond acceptors (Lipinski definition) is 5. The van der Waals surface area contributed by atoms with Crippen molar-refractivity contribution in [1.82, 2.24) is 9.38 Å². The number of aliphatic hydroxyl groups is 1. The van der Waals surface area contributed by atoms with Crippen molar-refractivity contribution in [3.05, 3.63) is 62.5 Å². The lowest BCUT2D eigenvalue weighted by molar-refractivity contribution is 0.280. The first kappa shape index (κ1) is 16.6. The van der Waals surface area contributed by atoms with Gasteiger partial charge in [-0.3, -0.25) is 9.20 Å². The molecule has 0 amide bonds. The summed E-state index contributed by atoms with van der Waals surface area (Å²) in [6.45, 7) is -0.463. The average molecular weight is 366 g/mol. The highest BCUT2D eigenvalue weighted by Crippen LogP contribution is 2.28. The number of halogens is 2. The van der Waals surface area contributed by atoms with Crippen LogP contribution in [0.15, 0.2) is 41.3 Å². The van der Waals surface area contributed by atoms with Crippen molar-refractivity contribution >= 4 is 40.4 Å². The van der Waals surface area contributed by atoms with Gasteiger partial charge in [-0.05, 0) is 30.3 Å². The molecule has 0 aliphatic rings. The highest BCUT2D eigenvalue weighted by Gasteiger charge is 2.15. The van der Waals surface area contributed by atoms with E-state index in [-0.39, 0.29) is 16.9 Å². The Bertz CT molecular complexity index is 973. The molecule has 0 saturated heterocycles. The Hall–Kier alpha value is -2.28. The third kappa shape index (κ3) is 2.91. The normalized spacial score (nSPS) is 10.8. The topological polar surface area (TPSA) is 75.9 Å². The smallest absolute Gasteiger partial charge is 0.265 e. The van der Waals surface area contributed by atoms with Crippen LogP contribution in [-0.4, -0.2) is 21.6 Å². The number of anilines is 2. The zero-order chi connectivity index (χ0) is 17.3. The molecule has 0 fully saturated rings. The number of rotatable bonds is 4. The zero-order valence-corrected chi connectivity index (χ0v) is 14.1. The van der Waals surface area contributed by atoms with E-state index < -0.39 is 6.61 Å². The molecule has 2 heterocycles. The van der Waals surface area contributed by atoms with Crippen LogP contribution in [0.5, 0.6) is 5.75 Å². The molecular formula is C16H13Cl2N3O3. The van der Waals surface area contributed by atoms with Gasteiger partial charge in [0.25, 0.3) is 5.56 Å². The summed E-state index contributed by atoms with van der Waals surface area (Å²) in [7, 11) is 1.49. The number of aromatic nitrogens is 2. The van der Waals surface area contributed by atoms with E-state index in [2.05, 4.69) is 10.3 Å². The highest BCUT2D eigenvalue weighted by atomic mass is 35.5. The summed E-state index contributed by atoms with van der Waals surface area (Å²) in [5.41, 5.74) is 0.672. The molecule has 0 spiro atoms. The first-order chi connectivity index (χ1) is 11.5. The van der Waals surface area contributed by atoms with E-state index in [0.29, 0.717) is 27.1 Å². The number of hydrogen-bond donors (Lipinski definition) is 2. The Labute approximate surface area is 147 Å². The number of nitrogens with zero attached hydrogens (tertiary/aromatic N) is 2. The number of nitrogens with one attached hydrogen (secondary N) is 1. The number of benzene rings is 1. The van der Waals surface area contributed by atoms with Crippen LogP contribution in [0.25, 0.3) is 5.65 Å². The molecule has 6 nitrogen and oxygen atoms in total. The maximum Gasteiger partial charge on any atom is 0.265 e. The van der Waals surface area contributed by atoms with Crippen LogP contribution in [0.4, 0.5) is 11.5 Å². The summed E-state index contributed by atoms with van der Waals surface area (Å²) in [4.78, 5) is 17.0. The number of methoxy groups -OCH3 is 1. The molecule has 0 radical (unpaired) electrons. The van der Waals surface area contributed by atoms with E-state index in [0.717, 1.165) is 0 Å². The molecule has 2 aromatic heterocycles. The summed E-state index contributed by atoms with van der Waals surface area (Å²) in [5.74, 6) is 0.668. The largest absolute Gasteiger partial charge is 0.493 e. The van der Waals surface area contributed by atoms with Crippen LogP contribution in [0.3, 0.4) is 0 Å². The second-order valence-electron chi connectivity index (χ2n) is 4.93. The molecule has 0 saturated carbocycles. The maximum absolute atomic E-state index is 12.6. The fourth-order valence-electron chi connectivity index (χ4n) is 2.29. The monoisotopic (exact) mass is 365 g/mol. The van der Waals surface area contributed by atoms with Crippen LogP contribution < -0.4 is 15.6 Å². The van der Waals surface area contributed by atoms with Gasteiger partial charge in [-0.2, -0.15) is 0 Å². The second-order valence-corrected chi connectivity index (χ2v) is 5.74. The number of ether oxygens (including phenoxy) is 1. The van der Waals surface area contributed by atoms with Gasteiger partial charge in [-0.1, -0.05) is 23.2 Å². The molecule has 0 bridgehead atoms. The minimum absolute atomic E-state index is 0.131. The molecule has 8 heteroatoms. The predicted molar refractivity (Wildman–Crippen MR) is 93.7 cm³/mol. The van der Waals surface area contributed by atoms with Gasteiger partial charge in [-0.15, -0.1) is 0 Å². The van der Waals surface area contributed by atoms with Gasteiger partial charge in [0, 0.05) is 11.9 Å². The van der Waals surface area contributed by atoms with Gasteiger partial charge in [0.2, 0.25) is 0 Å². The Morgan fingerprint density at radius 2 is 2.08 bits per heavy atom. The van der Waals surface area contributed by atoms with E-state index >= 15 is 0 Å². The van der Waals surface area contributed by atoms with Crippen LogP contribution in [0.1, 0.15) is 5.56 Å². The SMILES string of the molecule is COc1cccn2c(=O)c(CO)c(Nc3ccc(Cl)c(Cl)c3)nc12. The molecule has 1 aromatic carbocycles. The van der Waals surface area contributed by atoms with Crippen molar-refractivity contribution in [2.45, 2.75) is 6.61 Å². The first-order valence-electron chi connectivity index (χ1n) is 6.96. The second kappa shape index (κ2) is 6.68. The number of fused-ring (bicyclic) bond motifs is 1. The van der Waals surface area contributed by atoms with E-state index in [4.69, 9.17) is 27.9 Å². The van der Waals surface area contributed by atoms with Crippen LogP contribution in [0, 0.1) is 0 Å². The molecule has 2 N–H and O–H groups in total. The van der Waals surface area contributed by atoms with Gasteiger partial charge in [0.05, 0.1) is 29.3 Å². The average Bonchev–Trinajstić information content (AvgIpc) is 2.58. The molecule has 0 aliphatic heterocycles. The van der Waals surface area contributed by atoms with E-state index in [1.54, 1.807) is 36.5 Å². The van der Waals surface area contributed by atoms with Crippen LogP contribution in [-0.2, 0) is 6.61 Å². The fraction of sp³-hybridized carbons (Fsp3) is 0.125. The highest BCUT2D eigenvalue weighted by molar-refractivity contribution is 6.42. The minimum Gasteiger partial charge on any atom is -0.493 e. The third-order valence-corrected chi connectivity index (χ3v) is 4.21. The molecule has 3 aromatic rings. The Balaban J connectivity index is 2.19. The first-order valence-corrected chi connectivity index (χ1v) is 7.72. The van der Waals surface area contributed by atoms with Crippen molar-refractivity contribution in [2.75, 3.05) is 12.4 Å². The van der Waals surface area contributed by atoms with Gasteiger partial charge >= 0.3 is 0 Å². The van der Waals surface area contributed by atoms with Crippen LogP contribution >= 0.6 is 23.2 Å². The molecular weight excluding hydrogens is 353 g/mol. The van der Waals surface area contributed by atoms with Crippen molar-refractivity contribution in [3.8, 4) is 5.75 Å². The summed E-state index contributed by atoms with van der Waals surface area (Å²) >= 11 is 11.9. The molecule has 124 valence electrons. The van der Waals surface area contributed by atoms with E-state index in [1.807, 2.05) is 0 Å². The summed E-state index contributed by atoms with van der Waals surface area (Å²) in [6, 6.07) is 8.29. The minimum atomic E-state index is -0.463. The molecule has 0 atom stereocenters. The summed E-state index contributed by atoms with van der Waals surface area (Å²) < 4.78 is 6.57. The Morgan fingerprint density at radius 1 is 1.29 bits per heavy atom. The molecule has 0 aliphatic carbocycles. The fourth-order valence-corrected chi connectivity index (χ4v) is 2.59. The summed E-state index contributed by atoms with van der Waals surface area (Å²) in [6.07, 6.45) is 1.56. The number of pyridine rings is 1. The summed E-state index contributed by atoms with van der Waals surface area (Å²) in [5, 5.41) is 13.4. The molecule has 24 heavy (non-hydrogen) atoms. The van der Waals surface area contributed by atoms with E-state index in [9.17, 15) is 9.90 Å². The molecule has 0 unspecified atom stereocenters. The van der Waals surface area contributed by atoms with Gasteiger partial charge in [-0.25, -0.2) is 4.98 Å². The van der Waals surface area contributed by atoms with Crippen LogP contribution in [0.2, 0.25) is 10.0 Å². The zero-order valence-electron chi connectivity index (χ0n) is 12.6. The standard InChI is InChI=1S/C16H13Cl2N3O3/c1-24-13-3-2-6-21-15(13)20-14(10(8-22)16(21)23)19-9-4-5-11(17)12(18)7-9/h2-7,19,22H,8H2,1H3. The van der Waals surface area contributed by atoms with Crippen molar-refractivity contribution < 1.29 is 9.84 Å². The van der Waals surface area contributed by atoms with Crippen molar-refractivity contribution in [2.24, 2.45) is 0 Å². The van der Waals surface area contributed by atoms with Gasteiger partial charge < -0.3 is 15.2 Å². The Kier molecular flexibility index (Phi) is 4.62. The van der Waals surface area contributed by atoms with Crippen molar-refractivity contribution in [3.63, 3.8) is 0 Å².